The lowest BCUT2D eigenvalue weighted by Gasteiger charge is -2.17. The van der Waals surface area contributed by atoms with Crippen LogP contribution in [0.5, 0.6) is 0 Å². The molecule has 2 atom stereocenters. The quantitative estimate of drug-likeness (QED) is 0.853. The molecule has 6 heteroatoms. The Morgan fingerprint density at radius 2 is 2.06 bits per heavy atom. The molecule has 0 bridgehead atoms. The predicted molar refractivity (Wildman–Crippen MR) is 78.4 cm³/mol. The molecule has 2 unspecified atom stereocenters. The van der Waals surface area contributed by atoms with Gasteiger partial charge in [-0.2, -0.15) is 0 Å². The summed E-state index contributed by atoms with van der Waals surface area (Å²) >= 11 is 15.4. The zero-order valence-corrected chi connectivity index (χ0v) is 12.9. The van der Waals surface area contributed by atoms with Gasteiger partial charge in [-0.05, 0) is 31.0 Å². The van der Waals surface area contributed by atoms with Gasteiger partial charge in [-0.3, -0.25) is 4.79 Å². The fourth-order valence-corrected chi connectivity index (χ4v) is 3.35. The van der Waals surface area contributed by atoms with Gasteiger partial charge in [0.15, 0.2) is 0 Å². The predicted octanol–water partition coefficient (Wildman–Crippen LogP) is 3.69. The van der Waals surface area contributed by atoms with Crippen molar-refractivity contribution in [3.05, 3.63) is 26.7 Å². The monoisotopic (exact) mass is 350 g/mol. The van der Waals surface area contributed by atoms with Gasteiger partial charge in [-0.15, -0.1) is 0 Å². The van der Waals surface area contributed by atoms with Gasteiger partial charge in [0.05, 0.1) is 21.8 Å². The molecule has 0 saturated carbocycles. The first-order valence-corrected chi connectivity index (χ1v) is 7.22. The van der Waals surface area contributed by atoms with Gasteiger partial charge in [0.1, 0.15) is 0 Å². The van der Waals surface area contributed by atoms with Crippen molar-refractivity contribution in [2.45, 2.75) is 19.4 Å². The van der Waals surface area contributed by atoms with Crippen molar-refractivity contribution in [1.29, 1.82) is 0 Å². The van der Waals surface area contributed by atoms with Crippen molar-refractivity contribution < 1.29 is 4.79 Å². The van der Waals surface area contributed by atoms with E-state index in [4.69, 9.17) is 23.2 Å². The zero-order chi connectivity index (χ0) is 13.3. The Bertz CT molecular complexity index is 458. The van der Waals surface area contributed by atoms with Crippen LogP contribution in [0.25, 0.3) is 0 Å². The number of benzene rings is 1. The topological polar surface area (TPSA) is 41.1 Å². The molecule has 1 aromatic carbocycles. The van der Waals surface area contributed by atoms with E-state index in [1.54, 1.807) is 12.1 Å². The summed E-state index contributed by atoms with van der Waals surface area (Å²) in [7, 11) is 0. The van der Waals surface area contributed by atoms with E-state index in [2.05, 4.69) is 33.5 Å². The third kappa shape index (κ3) is 2.99. The maximum atomic E-state index is 12.1. The van der Waals surface area contributed by atoms with Crippen LogP contribution in [0, 0.1) is 5.92 Å². The van der Waals surface area contributed by atoms with Crippen molar-refractivity contribution in [3.8, 4) is 0 Å². The number of hydrogen-bond acceptors (Lipinski definition) is 2. The van der Waals surface area contributed by atoms with E-state index in [0.717, 1.165) is 17.4 Å². The van der Waals surface area contributed by atoms with E-state index in [0.29, 0.717) is 21.7 Å². The van der Waals surface area contributed by atoms with E-state index in [-0.39, 0.29) is 11.9 Å². The fraction of sp³-hybridized carbons (Fsp3) is 0.417. The Hall–Kier alpha value is -0.290. The zero-order valence-electron chi connectivity index (χ0n) is 9.77. The van der Waals surface area contributed by atoms with Crippen LogP contribution in [0.3, 0.4) is 0 Å². The highest BCUT2D eigenvalue weighted by molar-refractivity contribution is 9.10. The molecule has 0 aromatic heterocycles. The van der Waals surface area contributed by atoms with Crippen molar-refractivity contribution >= 4 is 50.7 Å². The van der Waals surface area contributed by atoms with Gasteiger partial charge in [-0.1, -0.05) is 46.1 Å². The summed E-state index contributed by atoms with van der Waals surface area (Å²) in [6.45, 7) is 2.91. The molecule has 1 amide bonds. The van der Waals surface area contributed by atoms with E-state index >= 15 is 0 Å². The van der Waals surface area contributed by atoms with Gasteiger partial charge in [0.25, 0.3) is 0 Å². The highest BCUT2D eigenvalue weighted by atomic mass is 79.9. The molecule has 1 aliphatic rings. The molecule has 1 heterocycles. The van der Waals surface area contributed by atoms with Crippen molar-refractivity contribution in [2.75, 3.05) is 11.9 Å². The Labute approximate surface area is 124 Å². The molecule has 2 N–H and O–H groups in total. The van der Waals surface area contributed by atoms with Crippen LogP contribution in [0.2, 0.25) is 10.0 Å². The number of nitrogens with one attached hydrogen (secondary N) is 2. The Morgan fingerprint density at radius 3 is 2.56 bits per heavy atom. The van der Waals surface area contributed by atoms with Crippen LogP contribution in [0.1, 0.15) is 13.3 Å². The fourth-order valence-electron chi connectivity index (χ4n) is 2.05. The average Bonchev–Trinajstić information content (AvgIpc) is 2.69. The van der Waals surface area contributed by atoms with Crippen LogP contribution in [-0.2, 0) is 4.79 Å². The van der Waals surface area contributed by atoms with Gasteiger partial charge in [0, 0.05) is 4.47 Å². The smallest absolute Gasteiger partial charge is 0.241 e. The van der Waals surface area contributed by atoms with E-state index in [1.807, 2.05) is 0 Å². The normalized spacial score (nSPS) is 23.1. The second-order valence-corrected chi connectivity index (χ2v) is 6.16. The lowest BCUT2D eigenvalue weighted by atomic mass is 10.0. The summed E-state index contributed by atoms with van der Waals surface area (Å²) in [5, 5.41) is 6.81. The summed E-state index contributed by atoms with van der Waals surface area (Å²) in [6.07, 6.45) is 1.000. The largest absolute Gasteiger partial charge is 0.322 e. The van der Waals surface area contributed by atoms with Gasteiger partial charge in [-0.25, -0.2) is 0 Å². The molecule has 0 spiro atoms. The van der Waals surface area contributed by atoms with Gasteiger partial charge >= 0.3 is 0 Å². The molecule has 2 rings (SSSR count). The van der Waals surface area contributed by atoms with E-state index < -0.39 is 0 Å². The van der Waals surface area contributed by atoms with Crippen LogP contribution >= 0.6 is 39.1 Å². The molecule has 3 nitrogen and oxygen atoms in total. The van der Waals surface area contributed by atoms with E-state index in [9.17, 15) is 4.79 Å². The summed E-state index contributed by atoms with van der Waals surface area (Å²) in [5.41, 5.74) is 0.465. The van der Waals surface area contributed by atoms with Gasteiger partial charge < -0.3 is 10.6 Å². The van der Waals surface area contributed by atoms with Crippen molar-refractivity contribution in [3.63, 3.8) is 0 Å². The summed E-state index contributed by atoms with van der Waals surface area (Å²) in [6, 6.07) is 3.23. The first-order valence-electron chi connectivity index (χ1n) is 5.68. The molecule has 98 valence electrons. The van der Waals surface area contributed by atoms with Crippen molar-refractivity contribution in [2.24, 2.45) is 5.92 Å². The van der Waals surface area contributed by atoms with Crippen LogP contribution in [0.15, 0.2) is 16.6 Å². The summed E-state index contributed by atoms with van der Waals surface area (Å²) < 4.78 is 0.780. The second-order valence-electron chi connectivity index (χ2n) is 4.43. The highest BCUT2D eigenvalue weighted by Gasteiger charge is 2.29. The molecule has 0 aliphatic carbocycles. The number of halogens is 3. The molecular weight excluding hydrogens is 339 g/mol. The number of amides is 1. The van der Waals surface area contributed by atoms with E-state index in [1.165, 1.54) is 0 Å². The lowest BCUT2D eigenvalue weighted by Crippen LogP contribution is -2.39. The number of anilines is 1. The minimum Gasteiger partial charge on any atom is -0.322 e. The Kier molecular flexibility index (Phi) is 4.54. The Morgan fingerprint density at radius 1 is 1.44 bits per heavy atom. The summed E-state index contributed by atoms with van der Waals surface area (Å²) in [5.74, 6) is 0.226. The molecule has 1 fully saturated rings. The van der Waals surface area contributed by atoms with Crippen LogP contribution in [0.4, 0.5) is 5.69 Å². The first-order chi connectivity index (χ1) is 8.49. The number of rotatable bonds is 2. The minimum absolute atomic E-state index is 0.0916. The third-order valence-electron chi connectivity index (χ3n) is 3.07. The summed E-state index contributed by atoms with van der Waals surface area (Å²) in [4.78, 5) is 12.1. The maximum absolute atomic E-state index is 12.1. The van der Waals surface area contributed by atoms with Crippen LogP contribution < -0.4 is 10.6 Å². The van der Waals surface area contributed by atoms with Crippen molar-refractivity contribution in [1.82, 2.24) is 5.32 Å². The molecular formula is C12H13BrCl2N2O. The SMILES string of the molecule is CC1CCNC1C(=O)Nc1c(Cl)cc(Br)cc1Cl. The number of carbonyl (C=O) groups excluding carboxylic acids is 1. The maximum Gasteiger partial charge on any atom is 0.241 e. The Balaban J connectivity index is 2.17. The highest BCUT2D eigenvalue weighted by Crippen LogP contribution is 2.34. The molecule has 1 aliphatic heterocycles. The average molecular weight is 352 g/mol. The standard InChI is InChI=1S/C12H13BrCl2N2O/c1-6-2-3-16-10(6)12(18)17-11-8(14)4-7(13)5-9(11)15/h4-6,10,16H,2-3H2,1H3,(H,17,18). The molecule has 0 radical (unpaired) electrons. The second kappa shape index (κ2) is 5.78. The molecule has 1 saturated heterocycles. The third-order valence-corrected chi connectivity index (χ3v) is 4.12. The lowest BCUT2D eigenvalue weighted by molar-refractivity contribution is -0.118. The number of hydrogen-bond donors (Lipinski definition) is 2. The molecule has 18 heavy (non-hydrogen) atoms. The number of carbonyl (C=O) groups is 1. The van der Waals surface area contributed by atoms with Gasteiger partial charge in [0.2, 0.25) is 5.91 Å². The first kappa shape index (κ1) is 14.1. The van der Waals surface area contributed by atoms with Crippen LogP contribution in [-0.4, -0.2) is 18.5 Å². The molecule has 1 aromatic rings. The minimum atomic E-state index is -0.180.